The molecule has 2 N–H and O–H groups in total. The summed E-state index contributed by atoms with van der Waals surface area (Å²) in [6.07, 6.45) is 0. The second-order valence-electron chi connectivity index (χ2n) is 13.4. The van der Waals surface area contributed by atoms with E-state index in [0.29, 0.717) is 57.5 Å². The number of nitrogens with one attached hydrogen (secondary N) is 2. The van der Waals surface area contributed by atoms with Gasteiger partial charge in [-0.25, -0.2) is 28.4 Å². The molecule has 7 rings (SSSR count). The second kappa shape index (κ2) is 17.7. The van der Waals surface area contributed by atoms with Crippen molar-refractivity contribution in [1.29, 1.82) is 0 Å². The number of carbonyl (C=O) groups excluding carboxylic acids is 1. The van der Waals surface area contributed by atoms with Crippen molar-refractivity contribution in [2.45, 2.75) is 26.2 Å². The number of hydroxylamine groups is 1. The monoisotopic (exact) mass is 803 g/mol. The Morgan fingerprint density at radius 3 is 2.16 bits per heavy atom. The lowest BCUT2D eigenvalue weighted by atomic mass is 10.1. The Morgan fingerprint density at radius 2 is 1.48 bits per heavy atom. The van der Waals surface area contributed by atoms with E-state index in [2.05, 4.69) is 15.7 Å². The lowest BCUT2D eigenvalue weighted by Gasteiger charge is -2.18. The Labute approximate surface area is 336 Å². The standard InChI is InChI=1S/C44H39F2N5O6S/c1-49(24-28-11-6-4-7-12-28)25-35-39-41(52)51(32-13-8-5-9-14-32)44(54)50(26-34-36(45)15-10-16-37(34)46)42(39)58-40(35)29-17-20-31(21-18-29)47-43(53)48-57-27-30-19-22-33(55-2)23-38(30)56-3/h4-23H,24-27H2,1-3H3,(H2,47,48,53). The molecule has 5 aromatic carbocycles. The van der Waals surface area contributed by atoms with E-state index in [4.69, 9.17) is 14.3 Å². The minimum atomic E-state index is -0.810. The topological polar surface area (TPSA) is 116 Å². The molecule has 0 radical (unpaired) electrons. The fraction of sp³-hybridized carbons (Fsp3) is 0.159. The van der Waals surface area contributed by atoms with Gasteiger partial charge in [-0.05, 0) is 72.3 Å². The Morgan fingerprint density at radius 1 is 0.793 bits per heavy atom. The molecule has 0 aliphatic carbocycles. The van der Waals surface area contributed by atoms with Gasteiger partial charge in [0, 0.05) is 40.8 Å². The van der Waals surface area contributed by atoms with Gasteiger partial charge in [0.05, 0.1) is 31.8 Å². The summed E-state index contributed by atoms with van der Waals surface area (Å²) >= 11 is 1.19. The molecule has 0 fully saturated rings. The molecule has 14 heteroatoms. The van der Waals surface area contributed by atoms with Gasteiger partial charge in [0.2, 0.25) is 0 Å². The van der Waals surface area contributed by atoms with E-state index in [9.17, 15) is 14.4 Å². The number of hydrogen-bond donors (Lipinski definition) is 2. The maximum Gasteiger partial charge on any atom is 0.343 e. The SMILES string of the molecule is COc1ccc(CONC(=O)Nc2ccc(-c3sc4c(c3CN(C)Cc3ccccc3)c(=O)n(-c3ccccc3)c(=O)n4Cc3c(F)cccc3F)cc2)c(OC)c1. The van der Waals surface area contributed by atoms with Crippen LogP contribution >= 0.6 is 11.3 Å². The molecular formula is C44H39F2N5O6S. The first-order valence-electron chi connectivity index (χ1n) is 18.2. The van der Waals surface area contributed by atoms with Crippen molar-refractivity contribution in [3.63, 3.8) is 0 Å². The zero-order valence-corrected chi connectivity index (χ0v) is 32.6. The third kappa shape index (κ3) is 8.54. The maximum absolute atomic E-state index is 15.2. The van der Waals surface area contributed by atoms with E-state index in [1.54, 1.807) is 79.9 Å². The molecule has 2 heterocycles. The predicted octanol–water partition coefficient (Wildman–Crippen LogP) is 8.11. The van der Waals surface area contributed by atoms with E-state index in [1.807, 2.05) is 37.4 Å². The van der Waals surface area contributed by atoms with Crippen LogP contribution in [-0.2, 0) is 31.1 Å². The normalized spacial score (nSPS) is 11.2. The summed E-state index contributed by atoms with van der Waals surface area (Å²) < 4.78 is 43.2. The average molecular weight is 804 g/mol. The van der Waals surface area contributed by atoms with Crippen LogP contribution in [0.25, 0.3) is 26.3 Å². The first kappa shape index (κ1) is 39.6. The smallest absolute Gasteiger partial charge is 0.343 e. The van der Waals surface area contributed by atoms with Crippen LogP contribution in [0.4, 0.5) is 19.3 Å². The van der Waals surface area contributed by atoms with Crippen molar-refractivity contribution >= 4 is 33.3 Å². The highest BCUT2D eigenvalue weighted by atomic mass is 32.1. The van der Waals surface area contributed by atoms with Crippen molar-refractivity contribution in [1.82, 2.24) is 19.5 Å². The van der Waals surface area contributed by atoms with Crippen LogP contribution in [0.5, 0.6) is 11.5 Å². The zero-order valence-electron chi connectivity index (χ0n) is 31.8. The van der Waals surface area contributed by atoms with E-state index in [1.165, 1.54) is 29.1 Å². The number of nitrogens with zero attached hydrogens (tertiary/aromatic N) is 3. The summed E-state index contributed by atoms with van der Waals surface area (Å²) in [5.74, 6) is -0.460. The number of hydrogen-bond acceptors (Lipinski definition) is 8. The van der Waals surface area contributed by atoms with Gasteiger partial charge >= 0.3 is 11.7 Å². The van der Waals surface area contributed by atoms with Crippen molar-refractivity contribution in [2.75, 3.05) is 26.6 Å². The number of amides is 2. The quantitative estimate of drug-likeness (QED) is 0.107. The second-order valence-corrected chi connectivity index (χ2v) is 14.4. The minimum absolute atomic E-state index is 0.0353. The Bertz CT molecular complexity index is 2660. The van der Waals surface area contributed by atoms with Crippen LogP contribution in [0, 0.1) is 11.6 Å². The number of thiophene rings is 1. The van der Waals surface area contributed by atoms with Gasteiger partial charge in [0.1, 0.15) is 34.6 Å². The van der Waals surface area contributed by atoms with Gasteiger partial charge in [0.15, 0.2) is 0 Å². The largest absolute Gasteiger partial charge is 0.497 e. The number of ether oxygens (including phenoxy) is 2. The summed E-state index contributed by atoms with van der Waals surface area (Å²) in [6, 6.07) is 33.5. The summed E-state index contributed by atoms with van der Waals surface area (Å²) in [6.45, 7) is 0.425. The molecule has 0 unspecified atom stereocenters. The van der Waals surface area contributed by atoms with E-state index >= 15 is 8.78 Å². The molecule has 0 saturated carbocycles. The summed E-state index contributed by atoms with van der Waals surface area (Å²) in [4.78, 5) is 50.2. The molecule has 11 nitrogen and oxygen atoms in total. The molecule has 0 atom stereocenters. The fourth-order valence-electron chi connectivity index (χ4n) is 6.67. The lowest BCUT2D eigenvalue weighted by molar-refractivity contribution is 0.0524. The van der Waals surface area contributed by atoms with Gasteiger partial charge < -0.3 is 14.8 Å². The molecule has 2 aromatic heterocycles. The number of anilines is 1. The number of benzene rings is 5. The number of rotatable bonds is 14. The van der Waals surface area contributed by atoms with E-state index in [-0.39, 0.29) is 22.4 Å². The molecule has 296 valence electrons. The van der Waals surface area contributed by atoms with Crippen molar-refractivity contribution < 1.29 is 27.9 Å². The van der Waals surface area contributed by atoms with Gasteiger partial charge in [-0.3, -0.25) is 19.1 Å². The Kier molecular flexibility index (Phi) is 12.1. The summed E-state index contributed by atoms with van der Waals surface area (Å²) in [5, 5.41) is 3.00. The molecule has 2 amide bonds. The lowest BCUT2D eigenvalue weighted by Crippen LogP contribution is -2.39. The maximum atomic E-state index is 15.2. The van der Waals surface area contributed by atoms with Gasteiger partial charge in [-0.15, -0.1) is 11.3 Å². The number of urea groups is 1. The molecule has 58 heavy (non-hydrogen) atoms. The van der Waals surface area contributed by atoms with Gasteiger partial charge in [-0.2, -0.15) is 0 Å². The molecule has 0 bridgehead atoms. The number of aromatic nitrogens is 2. The minimum Gasteiger partial charge on any atom is -0.497 e. The zero-order chi connectivity index (χ0) is 40.8. The first-order chi connectivity index (χ1) is 28.1. The van der Waals surface area contributed by atoms with Gasteiger partial charge in [-0.1, -0.05) is 66.7 Å². The molecule has 0 spiro atoms. The van der Waals surface area contributed by atoms with Crippen LogP contribution in [0.15, 0.2) is 131 Å². The Hall–Kier alpha value is -6.61. The van der Waals surface area contributed by atoms with Crippen molar-refractivity contribution in [3.05, 3.63) is 176 Å². The van der Waals surface area contributed by atoms with Gasteiger partial charge in [0.25, 0.3) is 5.56 Å². The Balaban J connectivity index is 1.26. The number of halogens is 2. The average Bonchev–Trinajstić information content (AvgIpc) is 3.60. The molecule has 7 aromatic rings. The van der Waals surface area contributed by atoms with Crippen molar-refractivity contribution in [2.24, 2.45) is 0 Å². The van der Waals surface area contributed by atoms with Crippen LogP contribution < -0.4 is 31.5 Å². The molecular weight excluding hydrogens is 765 g/mol. The fourth-order valence-corrected chi connectivity index (χ4v) is 7.97. The predicted molar refractivity (Wildman–Crippen MR) is 221 cm³/mol. The summed E-state index contributed by atoms with van der Waals surface area (Å²) in [7, 11) is 5.01. The highest BCUT2D eigenvalue weighted by Crippen LogP contribution is 2.39. The molecule has 0 aliphatic rings. The third-order valence-corrected chi connectivity index (χ3v) is 10.8. The highest BCUT2D eigenvalue weighted by Gasteiger charge is 2.26. The number of carbonyl (C=O) groups is 1. The van der Waals surface area contributed by atoms with E-state index in [0.717, 1.165) is 22.3 Å². The van der Waals surface area contributed by atoms with Crippen LogP contribution in [0.3, 0.4) is 0 Å². The first-order valence-corrected chi connectivity index (χ1v) is 19.0. The number of fused-ring (bicyclic) bond motifs is 1. The molecule has 0 aliphatic heterocycles. The number of para-hydroxylation sites is 1. The number of methoxy groups -OCH3 is 2. The van der Waals surface area contributed by atoms with Crippen LogP contribution in [0.2, 0.25) is 0 Å². The van der Waals surface area contributed by atoms with E-state index < -0.39 is 35.5 Å². The van der Waals surface area contributed by atoms with Crippen molar-refractivity contribution in [3.8, 4) is 27.6 Å². The highest BCUT2D eigenvalue weighted by molar-refractivity contribution is 7.22. The molecule has 0 saturated heterocycles. The summed E-state index contributed by atoms with van der Waals surface area (Å²) in [5.41, 5.74) is 4.64. The van der Waals surface area contributed by atoms with Crippen LogP contribution in [0.1, 0.15) is 22.3 Å². The van der Waals surface area contributed by atoms with Crippen LogP contribution in [-0.4, -0.2) is 41.3 Å². The third-order valence-electron chi connectivity index (χ3n) is 9.48.